The summed E-state index contributed by atoms with van der Waals surface area (Å²) in [6, 6.07) is 4.83. The molecular weight excluding hydrogens is 269 g/mol. The van der Waals surface area contributed by atoms with Gasteiger partial charge in [0.1, 0.15) is 11.6 Å². The van der Waals surface area contributed by atoms with E-state index in [4.69, 9.17) is 9.47 Å². The number of rotatable bonds is 8. The van der Waals surface area contributed by atoms with Gasteiger partial charge in [-0.25, -0.2) is 4.39 Å². The lowest BCUT2D eigenvalue weighted by molar-refractivity contribution is 0.0901. The first kappa shape index (κ1) is 16.2. The van der Waals surface area contributed by atoms with Crippen LogP contribution in [0.2, 0.25) is 0 Å². The predicted octanol–water partition coefficient (Wildman–Crippen LogP) is 3.83. The summed E-state index contributed by atoms with van der Waals surface area (Å²) in [5.74, 6) is 0.548. The highest BCUT2D eigenvalue weighted by atomic mass is 19.1. The van der Waals surface area contributed by atoms with Crippen LogP contribution in [0.4, 0.5) is 4.39 Å². The fourth-order valence-corrected chi connectivity index (χ4v) is 2.63. The zero-order valence-corrected chi connectivity index (χ0v) is 13.0. The van der Waals surface area contributed by atoms with Gasteiger partial charge < -0.3 is 14.8 Å². The van der Waals surface area contributed by atoms with Crippen molar-refractivity contribution in [2.45, 2.75) is 51.7 Å². The van der Waals surface area contributed by atoms with Crippen LogP contribution in [0.3, 0.4) is 0 Å². The van der Waals surface area contributed by atoms with Crippen LogP contribution in [0.5, 0.6) is 5.75 Å². The van der Waals surface area contributed by atoms with Crippen molar-refractivity contribution >= 4 is 0 Å². The third-order valence-corrected chi connectivity index (χ3v) is 3.86. The molecule has 3 nitrogen and oxygen atoms in total. The second-order valence-corrected chi connectivity index (χ2v) is 5.63. The number of nitrogens with one attached hydrogen (secondary N) is 1. The average molecular weight is 295 g/mol. The average Bonchev–Trinajstić information content (AvgIpc) is 2.99. The van der Waals surface area contributed by atoms with Gasteiger partial charge >= 0.3 is 0 Å². The molecule has 2 atom stereocenters. The van der Waals surface area contributed by atoms with Crippen molar-refractivity contribution < 1.29 is 13.9 Å². The molecule has 2 rings (SSSR count). The number of hydrogen-bond donors (Lipinski definition) is 1. The molecule has 118 valence electrons. The molecule has 1 fully saturated rings. The third kappa shape index (κ3) is 4.97. The molecule has 4 heteroatoms. The van der Waals surface area contributed by atoms with Gasteiger partial charge in [-0.1, -0.05) is 6.92 Å². The first-order valence-electron chi connectivity index (χ1n) is 7.98. The van der Waals surface area contributed by atoms with Crippen LogP contribution < -0.4 is 10.1 Å². The van der Waals surface area contributed by atoms with Crippen LogP contribution in [0.25, 0.3) is 0 Å². The molecule has 0 spiro atoms. The minimum atomic E-state index is -0.221. The highest BCUT2D eigenvalue weighted by Crippen LogP contribution is 2.27. The van der Waals surface area contributed by atoms with E-state index < -0.39 is 0 Å². The van der Waals surface area contributed by atoms with Crippen LogP contribution in [0.15, 0.2) is 18.2 Å². The Bertz CT molecular complexity index is 433. The van der Waals surface area contributed by atoms with E-state index in [1.165, 1.54) is 6.07 Å². The van der Waals surface area contributed by atoms with Gasteiger partial charge in [0.25, 0.3) is 0 Å². The van der Waals surface area contributed by atoms with E-state index in [0.717, 1.165) is 50.1 Å². The van der Waals surface area contributed by atoms with E-state index in [0.29, 0.717) is 12.7 Å². The van der Waals surface area contributed by atoms with E-state index in [9.17, 15) is 4.39 Å². The fraction of sp³-hybridized carbons (Fsp3) is 0.647. The molecule has 1 N–H and O–H groups in total. The highest BCUT2D eigenvalue weighted by Gasteiger charge is 2.16. The second-order valence-electron chi connectivity index (χ2n) is 5.63. The van der Waals surface area contributed by atoms with Gasteiger partial charge in [-0.15, -0.1) is 0 Å². The summed E-state index contributed by atoms with van der Waals surface area (Å²) in [6.45, 7) is 6.54. The Labute approximate surface area is 126 Å². The van der Waals surface area contributed by atoms with Crippen molar-refractivity contribution in [3.63, 3.8) is 0 Å². The van der Waals surface area contributed by atoms with E-state index in [1.54, 1.807) is 12.1 Å². The molecule has 21 heavy (non-hydrogen) atoms. The molecule has 1 saturated heterocycles. The Morgan fingerprint density at radius 2 is 2.33 bits per heavy atom. The Morgan fingerprint density at radius 3 is 3.05 bits per heavy atom. The molecule has 0 aromatic heterocycles. The number of benzene rings is 1. The van der Waals surface area contributed by atoms with Crippen molar-refractivity contribution in [2.75, 3.05) is 19.8 Å². The van der Waals surface area contributed by atoms with Gasteiger partial charge in [0.2, 0.25) is 0 Å². The Morgan fingerprint density at radius 1 is 1.48 bits per heavy atom. The zero-order valence-electron chi connectivity index (χ0n) is 13.0. The molecule has 1 heterocycles. The maximum atomic E-state index is 13.5. The topological polar surface area (TPSA) is 30.5 Å². The van der Waals surface area contributed by atoms with E-state index >= 15 is 0 Å². The van der Waals surface area contributed by atoms with Gasteiger partial charge in [-0.2, -0.15) is 0 Å². The minimum Gasteiger partial charge on any atom is -0.493 e. The molecular formula is C17H26FNO2. The maximum Gasteiger partial charge on any atom is 0.124 e. The molecule has 1 aliphatic heterocycles. The van der Waals surface area contributed by atoms with Crippen LogP contribution >= 0.6 is 0 Å². The summed E-state index contributed by atoms with van der Waals surface area (Å²) in [5, 5.41) is 3.38. The first-order chi connectivity index (χ1) is 10.2. The molecule has 0 aliphatic carbocycles. The van der Waals surface area contributed by atoms with Crippen LogP contribution in [-0.2, 0) is 4.74 Å². The lowest BCUT2D eigenvalue weighted by Gasteiger charge is -2.19. The van der Waals surface area contributed by atoms with E-state index in [2.05, 4.69) is 12.2 Å². The lowest BCUT2D eigenvalue weighted by atomic mass is 10.1. The van der Waals surface area contributed by atoms with Crippen molar-refractivity contribution in [3.05, 3.63) is 29.6 Å². The number of hydrogen-bond acceptors (Lipinski definition) is 3. The van der Waals surface area contributed by atoms with Crippen LogP contribution in [-0.4, -0.2) is 25.9 Å². The quantitative estimate of drug-likeness (QED) is 0.790. The molecule has 1 aromatic rings. The molecule has 1 aromatic carbocycles. The van der Waals surface area contributed by atoms with Crippen LogP contribution in [0.1, 0.15) is 51.1 Å². The van der Waals surface area contributed by atoms with Gasteiger partial charge in [-0.3, -0.25) is 0 Å². The van der Waals surface area contributed by atoms with Gasteiger partial charge in [0.15, 0.2) is 0 Å². The molecule has 0 amide bonds. The maximum absolute atomic E-state index is 13.5. The van der Waals surface area contributed by atoms with Gasteiger partial charge in [0.05, 0.1) is 12.7 Å². The summed E-state index contributed by atoms with van der Waals surface area (Å²) in [4.78, 5) is 0. The molecule has 0 bridgehead atoms. The first-order valence-corrected chi connectivity index (χ1v) is 7.98. The molecule has 2 unspecified atom stereocenters. The monoisotopic (exact) mass is 295 g/mol. The van der Waals surface area contributed by atoms with Crippen molar-refractivity contribution in [1.29, 1.82) is 0 Å². The fourth-order valence-electron chi connectivity index (χ4n) is 2.63. The number of ether oxygens (including phenoxy) is 2. The summed E-state index contributed by atoms with van der Waals surface area (Å²) in [7, 11) is 0. The summed E-state index contributed by atoms with van der Waals surface area (Å²) in [5.41, 5.74) is 0.885. The largest absolute Gasteiger partial charge is 0.493 e. The minimum absolute atomic E-state index is 0.0818. The van der Waals surface area contributed by atoms with Gasteiger partial charge in [-0.05, 0) is 50.9 Å². The third-order valence-electron chi connectivity index (χ3n) is 3.86. The summed E-state index contributed by atoms with van der Waals surface area (Å²) < 4.78 is 25.0. The normalized spacial score (nSPS) is 19.7. The van der Waals surface area contributed by atoms with Crippen LogP contribution in [0, 0.1) is 5.82 Å². The summed E-state index contributed by atoms with van der Waals surface area (Å²) >= 11 is 0. The Balaban J connectivity index is 1.93. The van der Waals surface area contributed by atoms with Crippen molar-refractivity contribution in [2.24, 2.45) is 0 Å². The van der Waals surface area contributed by atoms with Gasteiger partial charge in [0, 0.05) is 24.6 Å². The standard InChI is InChI=1S/C17H26FNO2/c1-3-9-19-13(2)16-12-14(18)6-7-17(16)21-11-8-15-5-4-10-20-15/h6-7,12-13,15,19H,3-5,8-11H2,1-2H3. The Hall–Kier alpha value is -1.13. The summed E-state index contributed by atoms with van der Waals surface area (Å²) in [6.07, 6.45) is 4.53. The second kappa shape index (κ2) is 8.35. The Kier molecular flexibility index (Phi) is 6.46. The molecule has 1 aliphatic rings. The highest BCUT2D eigenvalue weighted by molar-refractivity contribution is 5.36. The predicted molar refractivity (Wildman–Crippen MR) is 82.2 cm³/mol. The van der Waals surface area contributed by atoms with E-state index in [-0.39, 0.29) is 11.9 Å². The van der Waals surface area contributed by atoms with Crippen molar-refractivity contribution in [3.8, 4) is 5.75 Å². The zero-order chi connectivity index (χ0) is 15.1. The molecule has 0 radical (unpaired) electrons. The molecule has 0 saturated carbocycles. The smallest absolute Gasteiger partial charge is 0.124 e. The lowest BCUT2D eigenvalue weighted by Crippen LogP contribution is -2.20. The van der Waals surface area contributed by atoms with E-state index in [1.807, 2.05) is 6.92 Å². The van der Waals surface area contributed by atoms with Crippen molar-refractivity contribution in [1.82, 2.24) is 5.32 Å². The SMILES string of the molecule is CCCNC(C)c1cc(F)ccc1OCCC1CCCO1. The number of halogens is 1.